The molecule has 0 aliphatic heterocycles. The molecule has 2 aromatic rings. The van der Waals surface area contributed by atoms with Crippen molar-refractivity contribution in [1.82, 2.24) is 0 Å². The van der Waals surface area contributed by atoms with E-state index in [1.807, 2.05) is 31.2 Å². The molecule has 0 spiro atoms. The summed E-state index contributed by atoms with van der Waals surface area (Å²) in [5.74, 6) is -0.350. The van der Waals surface area contributed by atoms with E-state index in [2.05, 4.69) is 0 Å². The summed E-state index contributed by atoms with van der Waals surface area (Å²) >= 11 is 0. The van der Waals surface area contributed by atoms with Crippen LogP contribution in [0.2, 0.25) is 0 Å². The Kier molecular flexibility index (Phi) is 4.93. The molecule has 0 aromatic heterocycles. The van der Waals surface area contributed by atoms with Crippen molar-refractivity contribution in [2.45, 2.75) is 19.8 Å². The molecule has 0 heterocycles. The number of nitrogens with two attached hydrogens (primary N) is 1. The second-order valence-electron chi connectivity index (χ2n) is 4.86. The first-order valence-corrected chi connectivity index (χ1v) is 7.00. The molecule has 0 radical (unpaired) electrons. The summed E-state index contributed by atoms with van der Waals surface area (Å²) < 4.78 is 13.3. The first-order chi connectivity index (χ1) is 10.1. The summed E-state index contributed by atoms with van der Waals surface area (Å²) in [6.07, 6.45) is 1.03. The van der Waals surface area contributed by atoms with Gasteiger partial charge in [-0.05, 0) is 49.2 Å². The lowest BCUT2D eigenvalue weighted by atomic mass is 10.1. The molecule has 0 unspecified atom stereocenters. The molecular formula is C17H19FN2O. The Morgan fingerprint density at radius 2 is 1.90 bits per heavy atom. The van der Waals surface area contributed by atoms with Crippen molar-refractivity contribution in [3.63, 3.8) is 0 Å². The number of nitrogens with zero attached hydrogens (tertiary/aromatic N) is 1. The van der Waals surface area contributed by atoms with Crippen LogP contribution < -0.4 is 10.6 Å². The van der Waals surface area contributed by atoms with Crippen molar-refractivity contribution < 1.29 is 9.18 Å². The standard InChI is InChI=1S/C17H19FN2O/c1-2-20(16-5-3-4-14(18)12-16)17(21)11-8-13-6-9-15(19)10-7-13/h3-7,9-10,12H,2,8,11,19H2,1H3. The van der Waals surface area contributed by atoms with Gasteiger partial charge in [-0.2, -0.15) is 0 Å². The summed E-state index contributed by atoms with van der Waals surface area (Å²) in [6.45, 7) is 2.40. The highest BCUT2D eigenvalue weighted by atomic mass is 19.1. The molecule has 4 heteroatoms. The smallest absolute Gasteiger partial charge is 0.227 e. The van der Waals surface area contributed by atoms with E-state index in [9.17, 15) is 9.18 Å². The highest BCUT2D eigenvalue weighted by molar-refractivity contribution is 5.93. The zero-order chi connectivity index (χ0) is 15.2. The van der Waals surface area contributed by atoms with Crippen molar-refractivity contribution in [2.75, 3.05) is 17.2 Å². The number of carbonyl (C=O) groups is 1. The average molecular weight is 286 g/mol. The van der Waals surface area contributed by atoms with Crippen molar-refractivity contribution in [1.29, 1.82) is 0 Å². The van der Waals surface area contributed by atoms with E-state index >= 15 is 0 Å². The predicted molar refractivity (Wildman–Crippen MR) is 83.6 cm³/mol. The largest absolute Gasteiger partial charge is 0.399 e. The van der Waals surface area contributed by atoms with Gasteiger partial charge in [-0.3, -0.25) is 4.79 Å². The number of amides is 1. The number of aryl methyl sites for hydroxylation is 1. The number of anilines is 2. The third kappa shape index (κ3) is 4.05. The van der Waals surface area contributed by atoms with Crippen LogP contribution in [0.3, 0.4) is 0 Å². The molecule has 0 aliphatic rings. The molecule has 0 fully saturated rings. The molecule has 2 N–H and O–H groups in total. The van der Waals surface area contributed by atoms with Crippen molar-refractivity contribution in [3.05, 3.63) is 59.9 Å². The van der Waals surface area contributed by atoms with Crippen molar-refractivity contribution in [2.24, 2.45) is 0 Å². The van der Waals surface area contributed by atoms with Crippen LogP contribution in [0.4, 0.5) is 15.8 Å². The van der Waals surface area contributed by atoms with E-state index in [0.29, 0.717) is 30.8 Å². The molecule has 3 nitrogen and oxygen atoms in total. The maximum Gasteiger partial charge on any atom is 0.227 e. The summed E-state index contributed by atoms with van der Waals surface area (Å²) in [5.41, 5.74) is 8.00. The summed E-state index contributed by atoms with van der Waals surface area (Å²) in [6, 6.07) is 13.6. The van der Waals surface area contributed by atoms with Crippen LogP contribution in [-0.2, 0) is 11.2 Å². The van der Waals surface area contributed by atoms with Gasteiger partial charge in [-0.1, -0.05) is 18.2 Å². The highest BCUT2D eigenvalue weighted by Gasteiger charge is 2.14. The molecule has 2 rings (SSSR count). The van der Waals surface area contributed by atoms with E-state index < -0.39 is 0 Å². The molecule has 110 valence electrons. The monoisotopic (exact) mass is 286 g/mol. The maximum absolute atomic E-state index is 13.3. The van der Waals surface area contributed by atoms with Gasteiger partial charge in [-0.15, -0.1) is 0 Å². The molecule has 0 saturated carbocycles. The van der Waals surface area contributed by atoms with Gasteiger partial charge in [0.1, 0.15) is 5.82 Å². The molecule has 0 aliphatic carbocycles. The lowest BCUT2D eigenvalue weighted by Gasteiger charge is -2.21. The number of hydrogen-bond donors (Lipinski definition) is 1. The lowest BCUT2D eigenvalue weighted by Crippen LogP contribution is -2.30. The SMILES string of the molecule is CCN(C(=O)CCc1ccc(N)cc1)c1cccc(F)c1. The van der Waals surface area contributed by atoms with Crippen LogP contribution >= 0.6 is 0 Å². The van der Waals surface area contributed by atoms with Crippen LogP contribution in [0.25, 0.3) is 0 Å². The highest BCUT2D eigenvalue weighted by Crippen LogP contribution is 2.17. The molecule has 0 bridgehead atoms. The zero-order valence-corrected chi connectivity index (χ0v) is 12.1. The van der Waals surface area contributed by atoms with Gasteiger partial charge in [-0.25, -0.2) is 4.39 Å². The van der Waals surface area contributed by atoms with E-state index in [1.165, 1.54) is 12.1 Å². The number of carbonyl (C=O) groups excluding carboxylic acids is 1. The van der Waals surface area contributed by atoms with E-state index in [-0.39, 0.29) is 11.7 Å². The van der Waals surface area contributed by atoms with Crippen molar-refractivity contribution >= 4 is 17.3 Å². The Hall–Kier alpha value is -2.36. The number of halogens is 1. The van der Waals surface area contributed by atoms with Crippen LogP contribution in [0, 0.1) is 5.82 Å². The van der Waals surface area contributed by atoms with Gasteiger partial charge >= 0.3 is 0 Å². The molecule has 21 heavy (non-hydrogen) atoms. The minimum Gasteiger partial charge on any atom is -0.399 e. The Bertz CT molecular complexity index is 610. The predicted octanol–water partition coefficient (Wildman–Crippen LogP) is 3.39. The van der Waals surface area contributed by atoms with Gasteiger partial charge in [0, 0.05) is 24.3 Å². The van der Waals surface area contributed by atoms with Crippen LogP contribution in [0.15, 0.2) is 48.5 Å². The number of hydrogen-bond acceptors (Lipinski definition) is 2. The Morgan fingerprint density at radius 1 is 1.19 bits per heavy atom. The summed E-state index contributed by atoms with van der Waals surface area (Å²) in [7, 11) is 0. The maximum atomic E-state index is 13.3. The van der Waals surface area contributed by atoms with Crippen molar-refractivity contribution in [3.8, 4) is 0 Å². The average Bonchev–Trinajstić information content (AvgIpc) is 2.47. The minimum atomic E-state index is -0.336. The van der Waals surface area contributed by atoms with Gasteiger partial charge in [0.25, 0.3) is 0 Å². The molecule has 2 aromatic carbocycles. The lowest BCUT2D eigenvalue weighted by molar-refractivity contribution is -0.118. The Morgan fingerprint density at radius 3 is 2.52 bits per heavy atom. The minimum absolute atomic E-state index is 0.0140. The molecule has 0 saturated heterocycles. The first kappa shape index (κ1) is 15.0. The van der Waals surface area contributed by atoms with E-state index in [1.54, 1.807) is 17.0 Å². The fourth-order valence-corrected chi connectivity index (χ4v) is 2.22. The molecule has 0 atom stereocenters. The summed E-state index contributed by atoms with van der Waals surface area (Å²) in [5, 5.41) is 0. The summed E-state index contributed by atoms with van der Waals surface area (Å²) in [4.78, 5) is 13.9. The van der Waals surface area contributed by atoms with Crippen LogP contribution in [0.1, 0.15) is 18.9 Å². The second kappa shape index (κ2) is 6.88. The van der Waals surface area contributed by atoms with Gasteiger partial charge in [0.15, 0.2) is 0 Å². The van der Waals surface area contributed by atoms with Gasteiger partial charge in [0.05, 0.1) is 0 Å². The second-order valence-corrected chi connectivity index (χ2v) is 4.86. The van der Waals surface area contributed by atoms with E-state index in [0.717, 1.165) is 5.56 Å². The van der Waals surface area contributed by atoms with Gasteiger partial charge in [0.2, 0.25) is 5.91 Å². The van der Waals surface area contributed by atoms with E-state index in [4.69, 9.17) is 5.73 Å². The first-order valence-electron chi connectivity index (χ1n) is 7.00. The number of benzene rings is 2. The number of rotatable bonds is 5. The third-order valence-corrected chi connectivity index (χ3v) is 3.34. The normalized spacial score (nSPS) is 10.4. The topological polar surface area (TPSA) is 46.3 Å². The molecular weight excluding hydrogens is 267 g/mol. The number of nitrogen functional groups attached to an aromatic ring is 1. The van der Waals surface area contributed by atoms with Gasteiger partial charge < -0.3 is 10.6 Å². The Balaban J connectivity index is 2.02. The van der Waals surface area contributed by atoms with Crippen LogP contribution in [0.5, 0.6) is 0 Å². The fourth-order valence-electron chi connectivity index (χ4n) is 2.22. The fraction of sp³-hybridized carbons (Fsp3) is 0.235. The third-order valence-electron chi connectivity index (χ3n) is 3.34. The van der Waals surface area contributed by atoms with Crippen LogP contribution in [-0.4, -0.2) is 12.5 Å². The Labute approximate surface area is 124 Å². The zero-order valence-electron chi connectivity index (χ0n) is 12.1. The quantitative estimate of drug-likeness (QED) is 0.856. The molecule has 1 amide bonds.